The molecule has 2 amide bonds. The van der Waals surface area contributed by atoms with Gasteiger partial charge >= 0.3 is 6.09 Å². The molecule has 0 fully saturated rings. The summed E-state index contributed by atoms with van der Waals surface area (Å²) in [7, 11) is 0. The average molecular weight is 510 g/mol. The third-order valence-corrected chi connectivity index (χ3v) is 5.35. The third kappa shape index (κ3) is 6.61. The van der Waals surface area contributed by atoms with Crippen LogP contribution in [0.4, 0.5) is 15.0 Å². The fourth-order valence-electron chi connectivity index (χ4n) is 2.73. The highest BCUT2D eigenvalue weighted by Crippen LogP contribution is 2.25. The van der Waals surface area contributed by atoms with Crippen molar-refractivity contribution in [3.05, 3.63) is 69.5 Å². The second-order valence-corrected chi connectivity index (χ2v) is 7.69. The summed E-state index contributed by atoms with van der Waals surface area (Å²) in [5, 5.41) is 9.91. The van der Waals surface area contributed by atoms with Gasteiger partial charge in [0.05, 0.1) is 18.1 Å². The molecule has 162 valence electrons. The topological polar surface area (TPSA) is 92.4 Å². The number of halogens is 3. The van der Waals surface area contributed by atoms with Crippen molar-refractivity contribution in [1.82, 2.24) is 15.6 Å². The number of hydrogen-bond donors (Lipinski definition) is 3. The zero-order chi connectivity index (χ0) is 22.2. The molecular formula is C21H19BrClFN4O3. The van der Waals surface area contributed by atoms with Gasteiger partial charge < -0.3 is 15.4 Å². The van der Waals surface area contributed by atoms with Crippen molar-refractivity contribution in [3.63, 3.8) is 0 Å². The number of aromatic nitrogens is 1. The van der Waals surface area contributed by atoms with Crippen LogP contribution in [0.15, 0.2) is 53.1 Å². The molecule has 7 nitrogen and oxygen atoms in total. The first-order valence-electron chi connectivity index (χ1n) is 9.32. The first-order valence-corrected chi connectivity index (χ1v) is 10.5. The first-order chi connectivity index (χ1) is 14.9. The Labute approximate surface area is 191 Å². The Morgan fingerprint density at radius 1 is 1.19 bits per heavy atom. The molecule has 0 aliphatic rings. The molecule has 3 N–H and O–H groups in total. The molecule has 2 aromatic carbocycles. The van der Waals surface area contributed by atoms with Crippen molar-refractivity contribution >= 4 is 56.1 Å². The number of nitrogens with one attached hydrogen (secondary N) is 3. The van der Waals surface area contributed by atoms with Crippen LogP contribution < -0.4 is 16.0 Å². The summed E-state index contributed by atoms with van der Waals surface area (Å²) < 4.78 is 19.3. The highest BCUT2D eigenvalue weighted by atomic mass is 79.9. The van der Waals surface area contributed by atoms with E-state index in [2.05, 4.69) is 36.9 Å². The van der Waals surface area contributed by atoms with Gasteiger partial charge in [-0.2, -0.15) is 0 Å². The lowest BCUT2D eigenvalue weighted by Crippen LogP contribution is -2.36. The Bertz CT molecular complexity index is 1100. The average Bonchev–Trinajstić information content (AvgIpc) is 2.75. The van der Waals surface area contributed by atoms with E-state index in [4.69, 9.17) is 16.3 Å². The van der Waals surface area contributed by atoms with E-state index in [9.17, 15) is 14.0 Å². The number of rotatable bonds is 8. The van der Waals surface area contributed by atoms with Crippen LogP contribution in [0.2, 0.25) is 5.02 Å². The molecule has 1 aromatic heterocycles. The summed E-state index contributed by atoms with van der Waals surface area (Å²) in [5.74, 6) is -0.446. The van der Waals surface area contributed by atoms with E-state index in [0.29, 0.717) is 11.4 Å². The molecule has 0 saturated carbocycles. The van der Waals surface area contributed by atoms with Gasteiger partial charge in [0.1, 0.15) is 18.2 Å². The third-order valence-electron chi connectivity index (χ3n) is 4.23. The zero-order valence-electron chi connectivity index (χ0n) is 16.3. The lowest BCUT2D eigenvalue weighted by Gasteiger charge is -2.10. The van der Waals surface area contributed by atoms with Gasteiger partial charge in [0.25, 0.3) is 0 Å². The highest BCUT2D eigenvalue weighted by Gasteiger charge is 2.08. The number of anilines is 1. The molecule has 3 aromatic rings. The van der Waals surface area contributed by atoms with E-state index in [1.807, 2.05) is 18.2 Å². The SMILES string of the molecule is O=C(CNCc1cccc(F)c1Cl)NCCOC(=O)Nc1cc2c(Br)cccc2cn1. The van der Waals surface area contributed by atoms with E-state index in [-0.39, 0.29) is 37.2 Å². The number of carbonyl (C=O) groups is 2. The Morgan fingerprint density at radius 3 is 2.84 bits per heavy atom. The molecule has 0 spiro atoms. The van der Waals surface area contributed by atoms with Crippen LogP contribution in [-0.4, -0.2) is 36.7 Å². The molecule has 0 bridgehead atoms. The van der Waals surface area contributed by atoms with Crippen LogP contribution in [0.3, 0.4) is 0 Å². The molecule has 10 heteroatoms. The highest BCUT2D eigenvalue weighted by molar-refractivity contribution is 9.10. The number of pyridine rings is 1. The fraction of sp³-hybridized carbons (Fsp3) is 0.190. The maximum Gasteiger partial charge on any atom is 0.412 e. The van der Waals surface area contributed by atoms with Crippen LogP contribution in [-0.2, 0) is 16.1 Å². The molecule has 31 heavy (non-hydrogen) atoms. The normalized spacial score (nSPS) is 10.7. The van der Waals surface area contributed by atoms with E-state index >= 15 is 0 Å². The number of ether oxygens (including phenoxy) is 1. The zero-order valence-corrected chi connectivity index (χ0v) is 18.6. The number of hydrogen-bond acceptors (Lipinski definition) is 5. The molecule has 0 saturated heterocycles. The minimum Gasteiger partial charge on any atom is -0.447 e. The summed E-state index contributed by atoms with van der Waals surface area (Å²) in [6.45, 7) is 0.392. The standard InChI is InChI=1S/C21H19BrClFN4O3/c22-16-5-1-3-13-11-27-18(9-15(13)16)28-21(30)31-8-7-26-19(29)12-25-10-14-4-2-6-17(24)20(14)23/h1-6,9,11,25H,7-8,10,12H2,(H,26,29)(H,27,28,30). The van der Waals surface area contributed by atoms with Crippen molar-refractivity contribution < 1.29 is 18.7 Å². The largest absolute Gasteiger partial charge is 0.447 e. The lowest BCUT2D eigenvalue weighted by atomic mass is 10.2. The molecule has 3 rings (SSSR count). The second kappa shape index (κ2) is 11.0. The number of benzene rings is 2. The maximum atomic E-state index is 13.4. The summed E-state index contributed by atoms with van der Waals surface area (Å²) in [4.78, 5) is 27.9. The Morgan fingerprint density at radius 2 is 2.00 bits per heavy atom. The molecule has 0 aliphatic heterocycles. The molecule has 0 radical (unpaired) electrons. The van der Waals surface area contributed by atoms with Gasteiger partial charge in [-0.3, -0.25) is 10.1 Å². The Kier molecular flexibility index (Phi) is 8.16. The van der Waals surface area contributed by atoms with Crippen LogP contribution in [0.1, 0.15) is 5.56 Å². The minimum atomic E-state index is -0.674. The summed E-state index contributed by atoms with van der Waals surface area (Å²) in [5.41, 5.74) is 0.559. The monoisotopic (exact) mass is 508 g/mol. The van der Waals surface area contributed by atoms with Gasteiger partial charge in [0.2, 0.25) is 5.91 Å². The van der Waals surface area contributed by atoms with Gasteiger partial charge in [-0.25, -0.2) is 14.2 Å². The van der Waals surface area contributed by atoms with Crippen molar-refractivity contribution in [2.45, 2.75) is 6.54 Å². The number of nitrogens with zero attached hydrogens (tertiary/aromatic N) is 1. The summed E-state index contributed by atoms with van der Waals surface area (Å²) >= 11 is 9.32. The van der Waals surface area contributed by atoms with Gasteiger partial charge in [0.15, 0.2) is 0 Å². The van der Waals surface area contributed by atoms with E-state index < -0.39 is 11.9 Å². The van der Waals surface area contributed by atoms with Crippen LogP contribution in [0.5, 0.6) is 0 Å². The van der Waals surface area contributed by atoms with Gasteiger partial charge in [0, 0.05) is 28.0 Å². The van der Waals surface area contributed by atoms with Gasteiger partial charge in [-0.1, -0.05) is 51.8 Å². The van der Waals surface area contributed by atoms with Crippen molar-refractivity contribution in [3.8, 4) is 0 Å². The van der Waals surface area contributed by atoms with Gasteiger partial charge in [-0.05, 0) is 23.8 Å². The maximum absolute atomic E-state index is 13.4. The Hall–Kier alpha value is -2.75. The molecule has 0 atom stereocenters. The predicted molar refractivity (Wildman–Crippen MR) is 121 cm³/mol. The predicted octanol–water partition coefficient (Wildman–Crippen LogP) is 4.24. The quantitative estimate of drug-likeness (QED) is 0.395. The second-order valence-electron chi connectivity index (χ2n) is 6.46. The minimum absolute atomic E-state index is 0.00886. The summed E-state index contributed by atoms with van der Waals surface area (Å²) in [6, 6.07) is 11.9. The van der Waals surface area contributed by atoms with Crippen LogP contribution in [0.25, 0.3) is 10.8 Å². The van der Waals surface area contributed by atoms with Crippen molar-refractivity contribution in [1.29, 1.82) is 0 Å². The van der Waals surface area contributed by atoms with E-state index in [1.54, 1.807) is 24.4 Å². The summed E-state index contributed by atoms with van der Waals surface area (Å²) in [6.07, 6.45) is 0.979. The molecule has 1 heterocycles. The van der Waals surface area contributed by atoms with Crippen LogP contribution in [0, 0.1) is 5.82 Å². The molecule has 0 aliphatic carbocycles. The lowest BCUT2D eigenvalue weighted by molar-refractivity contribution is -0.120. The van der Waals surface area contributed by atoms with E-state index in [1.165, 1.54) is 6.07 Å². The first kappa shape index (κ1) is 22.9. The van der Waals surface area contributed by atoms with Crippen molar-refractivity contribution in [2.75, 3.05) is 25.0 Å². The molecular weight excluding hydrogens is 491 g/mol. The number of amides is 2. The van der Waals surface area contributed by atoms with Crippen LogP contribution >= 0.6 is 27.5 Å². The van der Waals surface area contributed by atoms with Crippen molar-refractivity contribution in [2.24, 2.45) is 0 Å². The number of fused-ring (bicyclic) bond motifs is 1. The van der Waals surface area contributed by atoms with E-state index in [0.717, 1.165) is 15.2 Å². The molecule has 0 unspecified atom stereocenters. The Balaban J connectivity index is 1.34. The van der Waals surface area contributed by atoms with Gasteiger partial charge in [-0.15, -0.1) is 0 Å². The smallest absolute Gasteiger partial charge is 0.412 e. The number of carbonyl (C=O) groups excluding carboxylic acids is 2. The fourth-order valence-corrected chi connectivity index (χ4v) is 3.42.